The second kappa shape index (κ2) is 9.01. The largest absolute Gasteiger partial charge is 0.501 e. The van der Waals surface area contributed by atoms with Crippen LogP contribution in [-0.4, -0.2) is 59.3 Å². The van der Waals surface area contributed by atoms with Crippen molar-refractivity contribution in [1.82, 2.24) is 0 Å². The number of ether oxygens (including phenoxy) is 2. The lowest BCUT2D eigenvalue weighted by molar-refractivity contribution is -0.113. The molecule has 1 saturated heterocycles. The molecule has 0 spiro atoms. The van der Waals surface area contributed by atoms with Gasteiger partial charge in [-0.05, 0) is 27.2 Å². The Morgan fingerprint density at radius 2 is 1.68 bits per heavy atom. The molecule has 0 aromatic carbocycles. The number of hydrogen-bond acceptors (Lipinski definition) is 6. The summed E-state index contributed by atoms with van der Waals surface area (Å²) >= 11 is 0. The minimum absolute atomic E-state index is 0.146. The molecule has 0 aliphatic carbocycles. The van der Waals surface area contributed by atoms with Crippen LogP contribution in [0.3, 0.4) is 0 Å². The fourth-order valence-electron chi connectivity index (χ4n) is 1.82. The van der Waals surface area contributed by atoms with E-state index in [1.807, 2.05) is 20.8 Å². The van der Waals surface area contributed by atoms with Crippen molar-refractivity contribution in [3.63, 3.8) is 0 Å². The van der Waals surface area contributed by atoms with Gasteiger partial charge in [-0.3, -0.25) is 0 Å². The van der Waals surface area contributed by atoms with E-state index in [1.165, 1.54) is 0 Å². The van der Waals surface area contributed by atoms with Gasteiger partial charge in [-0.1, -0.05) is 0 Å². The Bertz CT molecular complexity index is 219. The highest BCUT2D eigenvalue weighted by atomic mass is 28.4. The van der Waals surface area contributed by atoms with E-state index in [1.54, 1.807) is 0 Å². The molecule has 1 aliphatic heterocycles. The molecule has 1 fully saturated rings. The zero-order chi connectivity index (χ0) is 14.1. The van der Waals surface area contributed by atoms with Gasteiger partial charge in [-0.25, -0.2) is 0 Å². The zero-order valence-corrected chi connectivity index (χ0v) is 13.1. The van der Waals surface area contributed by atoms with E-state index in [9.17, 15) is 5.11 Å². The molecule has 0 aromatic rings. The molecule has 0 radical (unpaired) electrons. The van der Waals surface area contributed by atoms with Crippen molar-refractivity contribution in [2.45, 2.75) is 45.6 Å². The van der Waals surface area contributed by atoms with Crippen LogP contribution in [0.25, 0.3) is 0 Å². The highest BCUT2D eigenvalue weighted by Crippen LogP contribution is 2.19. The molecule has 1 aliphatic rings. The minimum Gasteiger partial charge on any atom is -0.374 e. The lowest BCUT2D eigenvalue weighted by atomic mass is 10.4. The topological polar surface area (TPSA) is 69.7 Å². The fourth-order valence-corrected chi connectivity index (χ4v) is 4.40. The molecular formula is C12H26O6Si. The summed E-state index contributed by atoms with van der Waals surface area (Å²) in [7, 11) is -2.57. The lowest BCUT2D eigenvalue weighted by Gasteiger charge is -2.28. The van der Waals surface area contributed by atoms with Gasteiger partial charge >= 0.3 is 8.80 Å². The molecule has 1 rings (SSSR count). The SMILES string of the molecule is CCO[Si](CCCOC(O)C1CO1)(OCC)OCC. The van der Waals surface area contributed by atoms with Gasteiger partial charge in [0, 0.05) is 32.5 Å². The summed E-state index contributed by atoms with van der Waals surface area (Å²) < 4.78 is 27.4. The van der Waals surface area contributed by atoms with E-state index in [2.05, 4.69) is 0 Å². The summed E-state index contributed by atoms with van der Waals surface area (Å²) in [4.78, 5) is 0. The number of aliphatic hydroxyl groups excluding tert-OH is 1. The van der Waals surface area contributed by atoms with Crippen molar-refractivity contribution in [2.75, 3.05) is 33.0 Å². The third kappa shape index (κ3) is 6.31. The van der Waals surface area contributed by atoms with Crippen LogP contribution in [0.15, 0.2) is 0 Å². The Labute approximate surface area is 116 Å². The van der Waals surface area contributed by atoms with Gasteiger partial charge in [0.15, 0.2) is 6.29 Å². The van der Waals surface area contributed by atoms with E-state index in [0.717, 1.165) is 6.42 Å². The van der Waals surface area contributed by atoms with Gasteiger partial charge in [0.2, 0.25) is 0 Å². The zero-order valence-electron chi connectivity index (χ0n) is 12.1. The molecular weight excluding hydrogens is 268 g/mol. The van der Waals surface area contributed by atoms with Crippen molar-refractivity contribution in [3.8, 4) is 0 Å². The fraction of sp³-hybridized carbons (Fsp3) is 1.00. The van der Waals surface area contributed by atoms with Crippen LogP contribution in [0.1, 0.15) is 27.2 Å². The van der Waals surface area contributed by atoms with E-state index in [-0.39, 0.29) is 6.10 Å². The van der Waals surface area contributed by atoms with Crippen LogP contribution in [-0.2, 0) is 22.8 Å². The van der Waals surface area contributed by atoms with Crippen LogP contribution < -0.4 is 0 Å². The molecule has 7 heteroatoms. The van der Waals surface area contributed by atoms with Crippen LogP contribution in [0, 0.1) is 0 Å². The first-order valence-corrected chi connectivity index (χ1v) is 8.93. The maximum atomic E-state index is 9.50. The molecule has 114 valence electrons. The van der Waals surface area contributed by atoms with Crippen LogP contribution >= 0.6 is 0 Å². The quantitative estimate of drug-likeness (QED) is 0.252. The Kier molecular flexibility index (Phi) is 8.08. The first kappa shape index (κ1) is 17.0. The van der Waals surface area contributed by atoms with Gasteiger partial charge in [0.05, 0.1) is 6.61 Å². The van der Waals surface area contributed by atoms with Crippen LogP contribution in [0.4, 0.5) is 0 Å². The van der Waals surface area contributed by atoms with Crippen LogP contribution in [0.5, 0.6) is 0 Å². The minimum atomic E-state index is -2.57. The smallest absolute Gasteiger partial charge is 0.374 e. The lowest BCUT2D eigenvalue weighted by Crippen LogP contribution is -2.46. The molecule has 19 heavy (non-hydrogen) atoms. The van der Waals surface area contributed by atoms with Crippen LogP contribution in [0.2, 0.25) is 6.04 Å². The maximum absolute atomic E-state index is 9.50. The van der Waals surface area contributed by atoms with E-state index in [4.69, 9.17) is 22.8 Å². The molecule has 1 heterocycles. The number of hydrogen-bond donors (Lipinski definition) is 1. The van der Waals surface area contributed by atoms with Gasteiger partial charge in [-0.2, -0.15) is 0 Å². The van der Waals surface area contributed by atoms with Gasteiger partial charge in [-0.15, -0.1) is 0 Å². The average molecular weight is 294 g/mol. The molecule has 1 N–H and O–H groups in total. The van der Waals surface area contributed by atoms with E-state index < -0.39 is 15.1 Å². The van der Waals surface area contributed by atoms with Gasteiger partial charge < -0.3 is 27.9 Å². The summed E-state index contributed by atoms with van der Waals surface area (Å²) in [6, 6.07) is 0.695. The maximum Gasteiger partial charge on any atom is 0.501 e. The predicted molar refractivity (Wildman–Crippen MR) is 71.8 cm³/mol. The second-order valence-electron chi connectivity index (χ2n) is 4.22. The van der Waals surface area contributed by atoms with Crippen molar-refractivity contribution < 1.29 is 27.9 Å². The third-order valence-corrected chi connectivity index (χ3v) is 5.84. The molecule has 2 unspecified atom stereocenters. The number of aliphatic hydroxyl groups is 1. The Morgan fingerprint density at radius 1 is 1.16 bits per heavy atom. The molecule has 0 amide bonds. The second-order valence-corrected chi connectivity index (χ2v) is 6.95. The summed E-state index contributed by atoms with van der Waals surface area (Å²) in [5, 5.41) is 9.50. The first-order valence-electron chi connectivity index (χ1n) is 7.00. The predicted octanol–water partition coefficient (Wildman–Crippen LogP) is 1.16. The van der Waals surface area contributed by atoms with Crippen molar-refractivity contribution in [1.29, 1.82) is 0 Å². The normalized spacial score (nSPS) is 20.5. The molecule has 6 nitrogen and oxygen atoms in total. The monoisotopic (exact) mass is 294 g/mol. The standard InChI is InChI=1S/C12H26O6Si/c1-4-16-19(17-5-2,18-6-3)9-7-8-14-12(13)11-10-15-11/h11-13H,4-10H2,1-3H3. The first-order chi connectivity index (χ1) is 9.17. The summed E-state index contributed by atoms with van der Waals surface area (Å²) in [6.45, 7) is 8.56. The Balaban J connectivity index is 2.28. The summed E-state index contributed by atoms with van der Waals surface area (Å²) in [6.07, 6.45) is -0.231. The van der Waals surface area contributed by atoms with Crippen molar-refractivity contribution in [3.05, 3.63) is 0 Å². The Morgan fingerprint density at radius 3 is 2.11 bits per heavy atom. The highest BCUT2D eigenvalue weighted by Gasteiger charge is 2.40. The van der Waals surface area contributed by atoms with Gasteiger partial charge in [0.1, 0.15) is 6.10 Å². The van der Waals surface area contributed by atoms with Gasteiger partial charge in [0.25, 0.3) is 0 Å². The van der Waals surface area contributed by atoms with E-state index in [0.29, 0.717) is 39.1 Å². The molecule has 0 aromatic heterocycles. The highest BCUT2D eigenvalue weighted by molar-refractivity contribution is 6.60. The molecule has 2 atom stereocenters. The molecule has 0 bridgehead atoms. The number of epoxide rings is 1. The summed E-state index contributed by atoms with van der Waals surface area (Å²) in [5.74, 6) is 0. The summed E-state index contributed by atoms with van der Waals surface area (Å²) in [5.41, 5.74) is 0. The Hall–Kier alpha value is -0.0231. The van der Waals surface area contributed by atoms with E-state index >= 15 is 0 Å². The number of rotatable bonds is 12. The third-order valence-electron chi connectivity index (χ3n) is 2.69. The average Bonchev–Trinajstić information content (AvgIpc) is 3.19. The molecule has 0 saturated carbocycles. The van der Waals surface area contributed by atoms with Crippen molar-refractivity contribution in [2.24, 2.45) is 0 Å². The van der Waals surface area contributed by atoms with Crippen molar-refractivity contribution >= 4 is 8.80 Å².